The Morgan fingerprint density at radius 3 is 2.31 bits per heavy atom. The van der Waals surface area contributed by atoms with E-state index in [1.54, 1.807) is 13.8 Å². The van der Waals surface area contributed by atoms with Crippen LogP contribution in [0.4, 0.5) is 0 Å². The van der Waals surface area contributed by atoms with Gasteiger partial charge in [0.05, 0.1) is 10.0 Å². The molecule has 0 radical (unpaired) electrons. The van der Waals surface area contributed by atoms with Crippen LogP contribution in [0.25, 0.3) is 0 Å². The van der Waals surface area contributed by atoms with E-state index in [0.717, 1.165) is 23.6 Å². The molecule has 0 aliphatic heterocycles. The summed E-state index contributed by atoms with van der Waals surface area (Å²) in [5.74, 6) is 0.211. The molecule has 3 N–H and O–H groups in total. The Morgan fingerprint density at radius 1 is 1.16 bits per heavy atom. The van der Waals surface area contributed by atoms with E-state index < -0.39 is 21.0 Å². The van der Waals surface area contributed by atoms with Crippen LogP contribution in [0, 0.1) is 23.2 Å². The summed E-state index contributed by atoms with van der Waals surface area (Å²) in [5, 5.41) is 3.18. The molecule has 2 amide bonds. The maximum absolute atomic E-state index is 13.4. The summed E-state index contributed by atoms with van der Waals surface area (Å²) in [7, 11) is -2.72. The van der Waals surface area contributed by atoms with Crippen LogP contribution < -0.4 is 11.1 Å². The Hall–Kier alpha value is -1.35. The van der Waals surface area contributed by atoms with Gasteiger partial charge in [-0.25, -0.2) is 8.42 Å². The summed E-state index contributed by atoms with van der Waals surface area (Å²) in [6.45, 7) is 3.14. The summed E-state index contributed by atoms with van der Waals surface area (Å²) in [4.78, 5) is 25.4. The van der Waals surface area contributed by atoms with Crippen molar-refractivity contribution < 1.29 is 18.0 Å². The zero-order chi connectivity index (χ0) is 23.6. The highest BCUT2D eigenvalue weighted by Gasteiger charge is 2.58. The maximum Gasteiger partial charge on any atom is 0.245 e. The molecule has 4 saturated carbocycles. The van der Waals surface area contributed by atoms with Crippen molar-refractivity contribution in [3.8, 4) is 0 Å². The quantitative estimate of drug-likeness (QED) is 0.623. The summed E-state index contributed by atoms with van der Waals surface area (Å²) in [5.41, 5.74) is 3.93. The molecule has 1 aromatic carbocycles. The number of nitrogens with zero attached hydrogens (tertiary/aromatic N) is 1. The largest absolute Gasteiger partial charge is 0.369 e. The number of halogens is 2. The third kappa shape index (κ3) is 3.63. The first kappa shape index (κ1) is 23.8. The maximum atomic E-state index is 13.4. The second-order valence-corrected chi connectivity index (χ2v) is 12.9. The Bertz CT molecular complexity index is 1060. The smallest absolute Gasteiger partial charge is 0.245 e. The molecule has 2 unspecified atom stereocenters. The molecule has 4 bridgehead atoms. The van der Waals surface area contributed by atoms with E-state index in [9.17, 15) is 18.0 Å². The molecule has 1 aromatic rings. The predicted octanol–water partition coefficient (Wildman–Crippen LogP) is 3.19. The van der Waals surface area contributed by atoms with Crippen LogP contribution in [0.3, 0.4) is 0 Å². The van der Waals surface area contributed by atoms with E-state index in [4.69, 9.17) is 28.9 Å². The second-order valence-electron chi connectivity index (χ2n) is 10.2. The fraction of sp³-hybridized carbons (Fsp3) is 0.636. The van der Waals surface area contributed by atoms with Crippen LogP contribution in [-0.2, 0) is 19.6 Å². The number of primary amides is 1. The molecule has 2 atom stereocenters. The number of hydrogen-bond acceptors (Lipinski definition) is 4. The minimum absolute atomic E-state index is 0.0741. The first-order chi connectivity index (χ1) is 14.8. The molecular weight excluding hydrogens is 473 g/mol. The third-order valence-corrected chi connectivity index (χ3v) is 11.0. The highest BCUT2D eigenvalue weighted by molar-refractivity contribution is 7.89. The van der Waals surface area contributed by atoms with Crippen LogP contribution in [0.1, 0.15) is 46.0 Å². The number of benzene rings is 1. The van der Waals surface area contributed by atoms with E-state index in [-0.39, 0.29) is 44.6 Å². The first-order valence-corrected chi connectivity index (χ1v) is 13.0. The zero-order valence-electron chi connectivity index (χ0n) is 18.4. The van der Waals surface area contributed by atoms with Crippen molar-refractivity contribution in [3.05, 3.63) is 28.2 Å². The zero-order valence-corrected chi connectivity index (χ0v) is 20.7. The standard InChI is InChI=1S/C22H29Cl2N3O4S/c1-21(2,27(3)32(30,31)16-6-4-5-15(23)17(16)24)20(29)26-18-13-7-12-8-14(18)11-22(9-12,10-13)19(25)28/h4-6,12-14,18H,7-11H2,1-3H3,(H2,25,28)(H,26,29). The lowest BCUT2D eigenvalue weighted by atomic mass is 9.47. The molecule has 5 rings (SSSR count). The number of rotatable bonds is 6. The Balaban J connectivity index is 1.54. The van der Waals surface area contributed by atoms with Crippen LogP contribution in [0.15, 0.2) is 23.1 Å². The van der Waals surface area contributed by atoms with Crippen LogP contribution in [0.5, 0.6) is 0 Å². The van der Waals surface area contributed by atoms with Gasteiger partial charge in [-0.2, -0.15) is 4.31 Å². The fourth-order valence-electron chi connectivity index (χ4n) is 6.16. The van der Waals surface area contributed by atoms with Crippen LogP contribution in [-0.4, -0.2) is 43.2 Å². The van der Waals surface area contributed by atoms with E-state index in [0.29, 0.717) is 18.8 Å². The lowest BCUT2D eigenvalue weighted by molar-refractivity contribution is -0.148. The number of amides is 2. The number of carbonyl (C=O) groups is 2. The van der Waals surface area contributed by atoms with Gasteiger partial charge in [-0.3, -0.25) is 9.59 Å². The number of sulfonamides is 1. The number of carbonyl (C=O) groups excluding carboxylic acids is 2. The summed E-state index contributed by atoms with van der Waals surface area (Å²) in [6, 6.07) is 4.29. The van der Waals surface area contributed by atoms with Crippen LogP contribution >= 0.6 is 23.2 Å². The lowest BCUT2D eigenvalue weighted by Crippen LogP contribution is -2.65. The lowest BCUT2D eigenvalue weighted by Gasteiger charge is -2.59. The Labute approximate surface area is 199 Å². The van der Waals surface area contributed by atoms with Gasteiger partial charge in [0.2, 0.25) is 21.8 Å². The molecule has 32 heavy (non-hydrogen) atoms. The second kappa shape index (κ2) is 7.86. The molecule has 4 fully saturated rings. The van der Waals surface area contributed by atoms with Gasteiger partial charge in [0, 0.05) is 18.5 Å². The average Bonchev–Trinajstić information content (AvgIpc) is 2.71. The van der Waals surface area contributed by atoms with Gasteiger partial charge in [0.1, 0.15) is 10.4 Å². The highest BCUT2D eigenvalue weighted by atomic mass is 35.5. The van der Waals surface area contributed by atoms with Crippen molar-refractivity contribution in [3.63, 3.8) is 0 Å². The van der Waals surface area contributed by atoms with Crippen LogP contribution in [0.2, 0.25) is 10.0 Å². The van der Waals surface area contributed by atoms with Crippen molar-refractivity contribution in [1.82, 2.24) is 9.62 Å². The van der Waals surface area contributed by atoms with Gasteiger partial charge in [0.15, 0.2) is 0 Å². The SMILES string of the molecule is CN(C(C)(C)C(=O)NC1C2CC3CC1CC(C(N)=O)(C3)C2)S(=O)(=O)c1cccc(Cl)c1Cl. The molecule has 0 saturated heterocycles. The number of likely N-dealkylation sites (N-methyl/N-ethyl adjacent to an activating group) is 1. The number of nitrogens with two attached hydrogens (primary N) is 1. The van der Waals surface area contributed by atoms with E-state index in [1.807, 2.05) is 0 Å². The minimum atomic E-state index is -4.08. The van der Waals surface area contributed by atoms with E-state index in [1.165, 1.54) is 25.2 Å². The monoisotopic (exact) mass is 501 g/mol. The number of nitrogens with one attached hydrogen (secondary N) is 1. The third-order valence-electron chi connectivity index (χ3n) is 7.99. The van der Waals surface area contributed by atoms with Crippen molar-refractivity contribution in [2.75, 3.05) is 7.05 Å². The predicted molar refractivity (Wildman–Crippen MR) is 123 cm³/mol. The topological polar surface area (TPSA) is 110 Å². The molecule has 4 aliphatic carbocycles. The van der Waals surface area contributed by atoms with E-state index >= 15 is 0 Å². The summed E-state index contributed by atoms with van der Waals surface area (Å²) >= 11 is 12.2. The van der Waals surface area contributed by atoms with Crippen molar-refractivity contribution in [2.45, 2.75) is 62.4 Å². The van der Waals surface area contributed by atoms with Gasteiger partial charge in [-0.05, 0) is 75.8 Å². The molecule has 0 spiro atoms. The molecule has 7 nitrogen and oxygen atoms in total. The Kier molecular flexibility index (Phi) is 5.84. The highest BCUT2D eigenvalue weighted by Crippen LogP contribution is 2.60. The molecule has 4 aliphatic rings. The van der Waals surface area contributed by atoms with Crippen molar-refractivity contribution >= 4 is 45.0 Å². The Morgan fingerprint density at radius 2 is 1.75 bits per heavy atom. The molecule has 176 valence electrons. The van der Waals surface area contributed by atoms with Gasteiger partial charge in [-0.15, -0.1) is 0 Å². The van der Waals surface area contributed by atoms with Gasteiger partial charge in [-0.1, -0.05) is 29.3 Å². The average molecular weight is 502 g/mol. The molecular formula is C22H29Cl2N3O4S. The molecule has 0 heterocycles. The normalized spacial score (nSPS) is 31.7. The number of hydrogen-bond donors (Lipinski definition) is 2. The van der Waals surface area contributed by atoms with E-state index in [2.05, 4.69) is 5.32 Å². The van der Waals surface area contributed by atoms with Crippen molar-refractivity contribution in [1.29, 1.82) is 0 Å². The van der Waals surface area contributed by atoms with Gasteiger partial charge < -0.3 is 11.1 Å². The summed E-state index contributed by atoms with van der Waals surface area (Å²) < 4.78 is 27.6. The molecule has 10 heteroatoms. The fourth-order valence-corrected chi connectivity index (χ4v) is 8.38. The summed E-state index contributed by atoms with van der Waals surface area (Å²) in [6.07, 6.45) is 4.15. The van der Waals surface area contributed by atoms with Gasteiger partial charge >= 0.3 is 0 Å². The first-order valence-electron chi connectivity index (χ1n) is 10.8. The van der Waals surface area contributed by atoms with Crippen molar-refractivity contribution in [2.24, 2.45) is 28.9 Å². The van der Waals surface area contributed by atoms with Gasteiger partial charge in [0.25, 0.3) is 0 Å². The molecule has 0 aromatic heterocycles. The minimum Gasteiger partial charge on any atom is -0.369 e.